The highest BCUT2D eigenvalue weighted by Crippen LogP contribution is 2.14. The Bertz CT molecular complexity index is 581. The van der Waals surface area contributed by atoms with E-state index in [4.69, 9.17) is 0 Å². The lowest BCUT2D eigenvalue weighted by Crippen LogP contribution is -2.41. The van der Waals surface area contributed by atoms with Gasteiger partial charge in [0, 0.05) is 17.1 Å². The van der Waals surface area contributed by atoms with Gasteiger partial charge in [0.25, 0.3) is 0 Å². The summed E-state index contributed by atoms with van der Waals surface area (Å²) in [5.41, 5.74) is 0.665. The van der Waals surface area contributed by atoms with E-state index in [0.717, 1.165) is 11.0 Å². The number of nitrogens with one attached hydrogen (secondary N) is 2. The highest BCUT2D eigenvalue weighted by Gasteiger charge is 2.17. The first-order chi connectivity index (χ1) is 9.82. The molecule has 0 unspecified atom stereocenters. The molecule has 126 valence electrons. The van der Waals surface area contributed by atoms with Gasteiger partial charge >= 0.3 is 0 Å². The third-order valence-corrected chi connectivity index (χ3v) is 4.75. The molecule has 0 spiro atoms. The molecule has 1 atom stereocenters. The van der Waals surface area contributed by atoms with E-state index < -0.39 is 21.5 Å². The molecule has 0 aliphatic heterocycles. The average molecular weight is 414 g/mol. The Balaban J connectivity index is 0.00000441. The zero-order valence-corrected chi connectivity index (χ0v) is 15.9. The number of halogens is 2. The van der Waals surface area contributed by atoms with Crippen LogP contribution >= 0.6 is 28.3 Å². The molecule has 0 saturated heterocycles. The summed E-state index contributed by atoms with van der Waals surface area (Å²) in [6.45, 7) is 5.12. The van der Waals surface area contributed by atoms with Crippen molar-refractivity contribution in [3.05, 3.63) is 34.3 Å². The Kier molecular flexibility index (Phi) is 9.91. The summed E-state index contributed by atoms with van der Waals surface area (Å²) in [5.74, 6) is -1.09. The monoisotopic (exact) mass is 412 g/mol. The van der Waals surface area contributed by atoms with Crippen LogP contribution in [0.5, 0.6) is 0 Å². The highest BCUT2D eigenvalue weighted by molar-refractivity contribution is 9.10. The van der Waals surface area contributed by atoms with Crippen LogP contribution in [0.25, 0.3) is 0 Å². The quantitative estimate of drug-likeness (QED) is 0.682. The summed E-state index contributed by atoms with van der Waals surface area (Å²) >= 11 is 3.29. The van der Waals surface area contributed by atoms with Crippen LogP contribution in [0.2, 0.25) is 0 Å². The molecule has 2 N–H and O–H groups in total. The third-order valence-electron chi connectivity index (χ3n) is 2.78. The third kappa shape index (κ3) is 8.73. The van der Waals surface area contributed by atoms with Crippen LogP contribution in [0.15, 0.2) is 28.7 Å². The molecule has 0 radical (unpaired) electrons. The van der Waals surface area contributed by atoms with Crippen molar-refractivity contribution in [2.75, 3.05) is 18.8 Å². The zero-order valence-electron chi connectivity index (χ0n) is 12.6. The molecule has 0 aliphatic carbocycles. The molecule has 0 aromatic heterocycles. The Morgan fingerprint density at radius 1 is 1.36 bits per heavy atom. The van der Waals surface area contributed by atoms with Crippen molar-refractivity contribution >= 4 is 44.1 Å². The molecule has 8 heteroatoms. The van der Waals surface area contributed by atoms with E-state index in [9.17, 15) is 13.2 Å². The first-order valence-electron chi connectivity index (χ1n) is 6.77. The molecular formula is C14H22BrClN2O3S. The van der Waals surface area contributed by atoms with E-state index in [-0.39, 0.29) is 24.2 Å². The van der Waals surface area contributed by atoms with Crippen molar-refractivity contribution in [3.8, 4) is 0 Å². The number of hydrogen-bond acceptors (Lipinski definition) is 4. The van der Waals surface area contributed by atoms with Crippen molar-refractivity contribution in [3.63, 3.8) is 0 Å². The van der Waals surface area contributed by atoms with Crippen molar-refractivity contribution in [2.45, 2.75) is 25.6 Å². The number of sulfone groups is 1. The molecular weight excluding hydrogens is 392 g/mol. The fourth-order valence-corrected chi connectivity index (χ4v) is 3.61. The Labute approximate surface area is 146 Å². The second kappa shape index (κ2) is 10.2. The topological polar surface area (TPSA) is 75.3 Å². The fraction of sp³-hybridized carbons (Fsp3) is 0.500. The van der Waals surface area contributed by atoms with Crippen LogP contribution in [-0.2, 0) is 20.4 Å². The standard InChI is InChI=1S/C14H21BrN2O3S.ClH/c1-3-16-11(2)8-17-14(18)10-21(19,20)9-12-5-4-6-13(15)7-12;/h4-7,11,16H,3,8-10H2,1-2H3,(H,17,18);1H/t11-;/m1./s1. The molecule has 1 aromatic carbocycles. The van der Waals surface area contributed by atoms with Crippen molar-refractivity contribution in [2.24, 2.45) is 0 Å². The van der Waals surface area contributed by atoms with Crippen molar-refractivity contribution in [1.82, 2.24) is 10.6 Å². The van der Waals surface area contributed by atoms with E-state index in [0.29, 0.717) is 12.1 Å². The minimum absolute atomic E-state index is 0. The van der Waals surface area contributed by atoms with Gasteiger partial charge in [-0.3, -0.25) is 4.79 Å². The van der Waals surface area contributed by atoms with Crippen molar-refractivity contribution < 1.29 is 13.2 Å². The number of rotatable bonds is 8. The van der Waals surface area contributed by atoms with Crippen LogP contribution in [-0.4, -0.2) is 39.2 Å². The summed E-state index contributed by atoms with van der Waals surface area (Å²) < 4.78 is 24.8. The fourth-order valence-electron chi connectivity index (χ4n) is 1.87. The Hall–Kier alpha value is -0.630. The minimum Gasteiger partial charge on any atom is -0.354 e. The lowest BCUT2D eigenvalue weighted by Gasteiger charge is -2.13. The summed E-state index contributed by atoms with van der Waals surface area (Å²) in [7, 11) is -3.46. The molecule has 0 fully saturated rings. The summed E-state index contributed by atoms with van der Waals surface area (Å²) in [4.78, 5) is 11.7. The maximum atomic E-state index is 12.0. The lowest BCUT2D eigenvalue weighted by molar-refractivity contribution is -0.118. The second-order valence-corrected chi connectivity index (χ2v) is 7.91. The summed E-state index contributed by atoms with van der Waals surface area (Å²) in [6.07, 6.45) is 0. The normalized spacial score (nSPS) is 12.3. The van der Waals surface area contributed by atoms with Crippen LogP contribution in [0.4, 0.5) is 0 Å². The van der Waals surface area contributed by atoms with Gasteiger partial charge in [0.1, 0.15) is 5.75 Å². The average Bonchev–Trinajstić information content (AvgIpc) is 2.35. The number of carbonyl (C=O) groups excluding carboxylic acids is 1. The van der Waals surface area contributed by atoms with Crippen molar-refractivity contribution in [1.29, 1.82) is 0 Å². The predicted octanol–water partition coefficient (Wildman–Crippen LogP) is 1.90. The molecule has 0 saturated carbocycles. The Morgan fingerprint density at radius 3 is 2.64 bits per heavy atom. The first kappa shape index (κ1) is 21.4. The lowest BCUT2D eigenvalue weighted by atomic mass is 10.2. The predicted molar refractivity (Wildman–Crippen MR) is 95.0 cm³/mol. The van der Waals surface area contributed by atoms with Gasteiger partial charge in [-0.2, -0.15) is 0 Å². The van der Waals surface area contributed by atoms with Crippen LogP contribution < -0.4 is 10.6 Å². The number of benzene rings is 1. The summed E-state index contributed by atoms with van der Waals surface area (Å²) in [5, 5.41) is 5.77. The molecule has 5 nitrogen and oxygen atoms in total. The number of hydrogen-bond donors (Lipinski definition) is 2. The van der Waals surface area contributed by atoms with Gasteiger partial charge in [-0.1, -0.05) is 35.0 Å². The van der Waals surface area contributed by atoms with E-state index in [1.165, 1.54) is 0 Å². The van der Waals surface area contributed by atoms with Gasteiger partial charge in [0.05, 0.1) is 5.75 Å². The second-order valence-electron chi connectivity index (χ2n) is 4.92. The smallest absolute Gasteiger partial charge is 0.235 e. The number of likely N-dealkylation sites (N-methyl/N-ethyl adjacent to an activating group) is 1. The van der Waals surface area contributed by atoms with Gasteiger partial charge < -0.3 is 10.6 Å². The SMILES string of the molecule is CCN[C@H](C)CNC(=O)CS(=O)(=O)Cc1cccc(Br)c1.Cl. The van der Waals surface area contributed by atoms with Gasteiger partial charge in [-0.25, -0.2) is 8.42 Å². The molecule has 0 heterocycles. The summed E-state index contributed by atoms with van der Waals surface area (Å²) in [6, 6.07) is 7.18. The van der Waals surface area contributed by atoms with E-state index in [1.54, 1.807) is 18.2 Å². The van der Waals surface area contributed by atoms with E-state index in [1.807, 2.05) is 19.9 Å². The minimum atomic E-state index is -3.46. The maximum absolute atomic E-state index is 12.0. The van der Waals surface area contributed by atoms with E-state index in [2.05, 4.69) is 26.6 Å². The molecule has 1 rings (SSSR count). The largest absolute Gasteiger partial charge is 0.354 e. The number of amides is 1. The van der Waals surface area contributed by atoms with Gasteiger partial charge in [-0.15, -0.1) is 12.4 Å². The molecule has 1 aromatic rings. The molecule has 22 heavy (non-hydrogen) atoms. The van der Waals surface area contributed by atoms with Gasteiger partial charge in [0.2, 0.25) is 5.91 Å². The van der Waals surface area contributed by atoms with Crippen LogP contribution in [0.3, 0.4) is 0 Å². The first-order valence-corrected chi connectivity index (χ1v) is 9.39. The molecule has 1 amide bonds. The Morgan fingerprint density at radius 2 is 2.05 bits per heavy atom. The zero-order chi connectivity index (χ0) is 15.9. The van der Waals surface area contributed by atoms with Crippen LogP contribution in [0, 0.1) is 0 Å². The van der Waals surface area contributed by atoms with E-state index >= 15 is 0 Å². The van der Waals surface area contributed by atoms with Crippen LogP contribution in [0.1, 0.15) is 19.4 Å². The number of carbonyl (C=O) groups is 1. The maximum Gasteiger partial charge on any atom is 0.235 e. The van der Waals surface area contributed by atoms with Gasteiger partial charge in [-0.05, 0) is 31.2 Å². The molecule has 0 aliphatic rings. The molecule has 0 bridgehead atoms. The van der Waals surface area contributed by atoms with Gasteiger partial charge in [0.15, 0.2) is 9.84 Å². The highest BCUT2D eigenvalue weighted by atomic mass is 79.9.